The lowest BCUT2D eigenvalue weighted by molar-refractivity contribution is -0.142. The number of rotatable bonds is 3. The zero-order valence-corrected chi connectivity index (χ0v) is 13.4. The molecule has 1 saturated carbocycles. The molecule has 1 unspecified atom stereocenters. The van der Waals surface area contributed by atoms with Crippen LogP contribution in [0.1, 0.15) is 59.3 Å². The summed E-state index contributed by atoms with van der Waals surface area (Å²) in [6.45, 7) is 6.27. The predicted molar refractivity (Wildman–Crippen MR) is 81.1 cm³/mol. The summed E-state index contributed by atoms with van der Waals surface area (Å²) >= 11 is 0. The second-order valence-electron chi connectivity index (χ2n) is 7.53. The number of urea groups is 1. The largest absolute Gasteiger partial charge is 0.480 e. The molecule has 1 saturated heterocycles. The molecule has 0 aromatic heterocycles. The fourth-order valence-electron chi connectivity index (χ4n) is 3.73. The fraction of sp³-hybridized carbons (Fsp3) is 0.875. The molecule has 5 nitrogen and oxygen atoms in total. The minimum Gasteiger partial charge on any atom is -0.480 e. The zero-order valence-electron chi connectivity index (χ0n) is 13.4. The van der Waals surface area contributed by atoms with Gasteiger partial charge >= 0.3 is 12.0 Å². The highest BCUT2D eigenvalue weighted by Gasteiger charge is 2.39. The van der Waals surface area contributed by atoms with Gasteiger partial charge in [0, 0.05) is 12.6 Å². The third-order valence-corrected chi connectivity index (χ3v) is 4.88. The second kappa shape index (κ2) is 6.24. The molecule has 1 heterocycles. The Balaban J connectivity index is 2.02. The number of nitrogens with zero attached hydrogens (tertiary/aromatic N) is 1. The van der Waals surface area contributed by atoms with Crippen LogP contribution in [0.4, 0.5) is 4.79 Å². The molecule has 5 heteroatoms. The van der Waals surface area contributed by atoms with Crippen LogP contribution in [0.5, 0.6) is 0 Å². The molecule has 0 aromatic rings. The van der Waals surface area contributed by atoms with E-state index in [2.05, 4.69) is 5.32 Å². The number of aliphatic carboxylic acids is 1. The standard InChI is InChI=1S/C16H28N2O3/c1-16(2,3)13(14(19)20)17-15(21)18-10-6-9-12(18)11-7-4-5-8-11/h11-13H,4-10H2,1-3H3,(H,17,21)(H,19,20)/t12?,13-/m1/s1. The number of carboxylic acids is 1. The zero-order chi connectivity index (χ0) is 15.6. The molecule has 2 rings (SSSR count). The van der Waals surface area contributed by atoms with Crippen LogP contribution in [0, 0.1) is 11.3 Å². The first-order valence-electron chi connectivity index (χ1n) is 8.10. The first-order valence-corrected chi connectivity index (χ1v) is 8.10. The summed E-state index contributed by atoms with van der Waals surface area (Å²) in [5.74, 6) is -0.358. The van der Waals surface area contributed by atoms with Gasteiger partial charge in [-0.3, -0.25) is 0 Å². The van der Waals surface area contributed by atoms with E-state index in [9.17, 15) is 14.7 Å². The van der Waals surface area contributed by atoms with Crippen molar-refractivity contribution in [1.29, 1.82) is 0 Å². The van der Waals surface area contributed by atoms with Crippen LogP contribution in [-0.2, 0) is 4.79 Å². The topological polar surface area (TPSA) is 69.6 Å². The van der Waals surface area contributed by atoms with Crippen LogP contribution >= 0.6 is 0 Å². The van der Waals surface area contributed by atoms with E-state index in [4.69, 9.17) is 0 Å². The molecule has 0 bridgehead atoms. The Morgan fingerprint density at radius 1 is 1.14 bits per heavy atom. The maximum absolute atomic E-state index is 12.5. The summed E-state index contributed by atoms with van der Waals surface area (Å²) in [5.41, 5.74) is -0.496. The van der Waals surface area contributed by atoms with E-state index in [-0.39, 0.29) is 6.03 Å². The van der Waals surface area contributed by atoms with E-state index >= 15 is 0 Å². The highest BCUT2D eigenvalue weighted by molar-refractivity contribution is 5.83. The van der Waals surface area contributed by atoms with Crippen LogP contribution in [0.3, 0.4) is 0 Å². The Morgan fingerprint density at radius 3 is 2.29 bits per heavy atom. The molecule has 2 amide bonds. The number of carbonyl (C=O) groups is 2. The quantitative estimate of drug-likeness (QED) is 0.841. The van der Waals surface area contributed by atoms with Crippen LogP contribution < -0.4 is 5.32 Å². The average Bonchev–Trinajstić information content (AvgIpc) is 3.02. The van der Waals surface area contributed by atoms with E-state index in [0.29, 0.717) is 12.0 Å². The van der Waals surface area contributed by atoms with Gasteiger partial charge in [0.1, 0.15) is 6.04 Å². The maximum atomic E-state index is 12.5. The molecule has 2 aliphatic rings. The van der Waals surface area contributed by atoms with Crippen molar-refractivity contribution in [3.05, 3.63) is 0 Å². The number of hydrogen-bond donors (Lipinski definition) is 2. The lowest BCUT2D eigenvalue weighted by atomic mass is 9.87. The molecular formula is C16H28N2O3. The molecule has 2 fully saturated rings. The van der Waals surface area contributed by atoms with Crippen molar-refractivity contribution in [2.24, 2.45) is 11.3 Å². The summed E-state index contributed by atoms with van der Waals surface area (Å²) in [5, 5.41) is 12.1. The van der Waals surface area contributed by atoms with Gasteiger partial charge < -0.3 is 15.3 Å². The summed E-state index contributed by atoms with van der Waals surface area (Å²) in [6.07, 6.45) is 7.02. The molecular weight excluding hydrogens is 268 g/mol. The molecule has 2 N–H and O–H groups in total. The van der Waals surface area contributed by atoms with Crippen molar-refractivity contribution in [1.82, 2.24) is 10.2 Å². The van der Waals surface area contributed by atoms with Gasteiger partial charge in [-0.15, -0.1) is 0 Å². The monoisotopic (exact) mass is 296 g/mol. The van der Waals surface area contributed by atoms with E-state index < -0.39 is 17.4 Å². The molecule has 1 aliphatic carbocycles. The Kier molecular flexibility index (Phi) is 4.79. The molecule has 0 spiro atoms. The predicted octanol–water partition coefficient (Wildman–Crippen LogP) is 2.85. The summed E-state index contributed by atoms with van der Waals surface area (Å²) < 4.78 is 0. The number of likely N-dealkylation sites (tertiary alicyclic amines) is 1. The molecule has 120 valence electrons. The maximum Gasteiger partial charge on any atom is 0.326 e. The van der Waals surface area contributed by atoms with Crippen molar-refractivity contribution >= 4 is 12.0 Å². The average molecular weight is 296 g/mol. The molecule has 0 aromatic carbocycles. The first kappa shape index (κ1) is 16.1. The van der Waals surface area contributed by atoms with Crippen molar-refractivity contribution in [2.45, 2.75) is 71.4 Å². The third kappa shape index (κ3) is 3.69. The molecule has 0 radical (unpaired) electrons. The van der Waals surface area contributed by atoms with Gasteiger partial charge in [0.15, 0.2) is 0 Å². The Morgan fingerprint density at radius 2 is 1.76 bits per heavy atom. The van der Waals surface area contributed by atoms with E-state index in [0.717, 1.165) is 19.4 Å². The van der Waals surface area contributed by atoms with Crippen LogP contribution in [0.25, 0.3) is 0 Å². The Labute approximate surface area is 127 Å². The van der Waals surface area contributed by atoms with E-state index in [1.165, 1.54) is 25.7 Å². The lowest BCUT2D eigenvalue weighted by Gasteiger charge is -2.33. The Bertz CT molecular complexity index is 397. The SMILES string of the molecule is CC(C)(C)[C@H](NC(=O)N1CCCC1C1CCCC1)C(=O)O. The molecule has 2 atom stereocenters. The van der Waals surface area contributed by atoms with Gasteiger partial charge in [-0.25, -0.2) is 9.59 Å². The highest BCUT2D eigenvalue weighted by atomic mass is 16.4. The third-order valence-electron chi connectivity index (χ3n) is 4.88. The number of nitrogens with one attached hydrogen (secondary N) is 1. The van der Waals surface area contributed by atoms with Crippen molar-refractivity contribution in [3.63, 3.8) is 0 Å². The van der Waals surface area contributed by atoms with Crippen molar-refractivity contribution < 1.29 is 14.7 Å². The van der Waals surface area contributed by atoms with E-state index in [1.54, 1.807) is 0 Å². The normalized spacial score (nSPS) is 25.1. The van der Waals surface area contributed by atoms with Crippen molar-refractivity contribution in [3.8, 4) is 0 Å². The van der Waals surface area contributed by atoms with Gasteiger partial charge in [-0.05, 0) is 37.0 Å². The van der Waals surface area contributed by atoms with Crippen LogP contribution in [0.2, 0.25) is 0 Å². The molecule has 1 aliphatic heterocycles. The first-order chi connectivity index (χ1) is 9.80. The Hall–Kier alpha value is -1.26. The summed E-state index contributed by atoms with van der Waals surface area (Å²) in [7, 11) is 0. The summed E-state index contributed by atoms with van der Waals surface area (Å²) in [4.78, 5) is 25.8. The number of amides is 2. The number of carbonyl (C=O) groups excluding carboxylic acids is 1. The second-order valence-corrected chi connectivity index (χ2v) is 7.53. The van der Waals surface area contributed by atoms with Gasteiger partial charge in [-0.2, -0.15) is 0 Å². The minimum absolute atomic E-state index is 0.202. The summed E-state index contributed by atoms with van der Waals surface area (Å²) in [6, 6.07) is -0.747. The fourth-order valence-corrected chi connectivity index (χ4v) is 3.73. The van der Waals surface area contributed by atoms with Gasteiger partial charge in [0.05, 0.1) is 0 Å². The van der Waals surface area contributed by atoms with Crippen molar-refractivity contribution in [2.75, 3.05) is 6.54 Å². The van der Waals surface area contributed by atoms with Crippen LogP contribution in [-0.4, -0.2) is 40.6 Å². The lowest BCUT2D eigenvalue weighted by Crippen LogP contribution is -2.54. The number of carboxylic acid groups (broad SMARTS) is 1. The van der Waals surface area contributed by atoms with Gasteiger partial charge in [0.25, 0.3) is 0 Å². The van der Waals surface area contributed by atoms with Crippen LogP contribution in [0.15, 0.2) is 0 Å². The van der Waals surface area contributed by atoms with E-state index in [1.807, 2.05) is 25.7 Å². The molecule has 21 heavy (non-hydrogen) atoms. The smallest absolute Gasteiger partial charge is 0.326 e. The van der Waals surface area contributed by atoms with Gasteiger partial charge in [0.2, 0.25) is 0 Å². The van der Waals surface area contributed by atoms with Gasteiger partial charge in [-0.1, -0.05) is 33.6 Å². The minimum atomic E-state index is -0.965. The highest BCUT2D eigenvalue weighted by Crippen LogP contribution is 2.35. The number of hydrogen-bond acceptors (Lipinski definition) is 2.